The Morgan fingerprint density at radius 3 is 2.89 bits per heavy atom. The molecule has 18 heavy (non-hydrogen) atoms. The first kappa shape index (κ1) is 13.6. The predicted octanol–water partition coefficient (Wildman–Crippen LogP) is 1.94. The number of nitrogens with one attached hydrogen (secondary N) is 1. The van der Waals surface area contributed by atoms with Crippen LogP contribution in [0.25, 0.3) is 0 Å². The number of rotatable bonds is 5. The van der Waals surface area contributed by atoms with Gasteiger partial charge >= 0.3 is 0 Å². The minimum absolute atomic E-state index is 0.0527. The normalized spacial score (nSPS) is 9.56. The number of nitrogens with zero attached hydrogens (tertiary/aromatic N) is 2. The molecule has 0 aliphatic rings. The number of nitro benzene ring substituents is 1. The highest BCUT2D eigenvalue weighted by molar-refractivity contribution is 5.98. The van der Waals surface area contributed by atoms with Crippen LogP contribution in [0.4, 0.5) is 5.69 Å². The minimum atomic E-state index is -0.556. The van der Waals surface area contributed by atoms with Crippen LogP contribution in [-0.2, 0) is 0 Å². The van der Waals surface area contributed by atoms with Gasteiger partial charge in [-0.3, -0.25) is 14.9 Å². The molecule has 0 aromatic heterocycles. The first-order chi connectivity index (χ1) is 8.57. The van der Waals surface area contributed by atoms with Gasteiger partial charge in [-0.1, -0.05) is 12.1 Å². The van der Waals surface area contributed by atoms with Crippen molar-refractivity contribution in [1.29, 1.82) is 5.26 Å². The van der Waals surface area contributed by atoms with E-state index in [1.165, 1.54) is 6.07 Å². The Bertz CT molecular complexity index is 506. The fourth-order valence-electron chi connectivity index (χ4n) is 1.55. The van der Waals surface area contributed by atoms with E-state index in [4.69, 9.17) is 5.26 Å². The molecule has 1 aromatic carbocycles. The smallest absolute Gasteiger partial charge is 0.285 e. The molecular weight excluding hydrogens is 234 g/mol. The molecule has 1 rings (SSSR count). The highest BCUT2D eigenvalue weighted by Gasteiger charge is 2.21. The highest BCUT2D eigenvalue weighted by Crippen LogP contribution is 2.22. The maximum Gasteiger partial charge on any atom is 0.285 e. The number of carbonyl (C=O) groups is 1. The van der Waals surface area contributed by atoms with Crippen LogP contribution in [-0.4, -0.2) is 17.4 Å². The lowest BCUT2D eigenvalue weighted by atomic mass is 10.1. The molecule has 94 valence electrons. The average molecular weight is 247 g/mol. The summed E-state index contributed by atoms with van der Waals surface area (Å²) < 4.78 is 0. The molecule has 0 heterocycles. The van der Waals surface area contributed by atoms with E-state index in [1.54, 1.807) is 19.1 Å². The molecule has 0 radical (unpaired) electrons. The molecule has 1 N–H and O–H groups in total. The Kier molecular flexibility index (Phi) is 4.81. The summed E-state index contributed by atoms with van der Waals surface area (Å²) in [6.45, 7) is 1.92. The van der Waals surface area contributed by atoms with Gasteiger partial charge < -0.3 is 5.32 Å². The summed E-state index contributed by atoms with van der Waals surface area (Å²) in [6, 6.07) is 6.57. The summed E-state index contributed by atoms with van der Waals surface area (Å²) in [4.78, 5) is 22.1. The number of carbonyl (C=O) groups excluding carboxylic acids is 1. The van der Waals surface area contributed by atoms with Gasteiger partial charge in [-0.05, 0) is 19.4 Å². The first-order valence-corrected chi connectivity index (χ1v) is 5.47. The Hall–Kier alpha value is -2.42. The molecule has 6 heteroatoms. The van der Waals surface area contributed by atoms with Gasteiger partial charge in [0.15, 0.2) is 0 Å². The number of unbranched alkanes of at least 4 members (excludes halogenated alkanes) is 1. The standard InChI is InChI=1S/C12H13N3O3/c1-9-5-4-6-10(11(9)15(17)18)12(16)14-8-3-2-7-13/h4-6H,2-3,8H2,1H3,(H,14,16). The van der Waals surface area contributed by atoms with Crippen molar-refractivity contribution < 1.29 is 9.72 Å². The third-order valence-corrected chi connectivity index (χ3v) is 2.42. The quantitative estimate of drug-likeness (QED) is 0.488. The monoisotopic (exact) mass is 247 g/mol. The number of nitriles is 1. The number of benzene rings is 1. The molecule has 0 aliphatic carbocycles. The molecule has 0 bridgehead atoms. The number of hydrogen-bond acceptors (Lipinski definition) is 4. The Balaban J connectivity index is 2.83. The van der Waals surface area contributed by atoms with Gasteiger partial charge in [0, 0.05) is 18.5 Å². The van der Waals surface area contributed by atoms with Crippen LogP contribution in [0.3, 0.4) is 0 Å². The molecular formula is C12H13N3O3. The van der Waals surface area contributed by atoms with Crippen molar-refractivity contribution in [3.05, 3.63) is 39.4 Å². The molecule has 6 nitrogen and oxygen atoms in total. The number of amides is 1. The predicted molar refractivity (Wildman–Crippen MR) is 65.0 cm³/mol. The molecule has 0 saturated carbocycles. The van der Waals surface area contributed by atoms with Crippen LogP contribution in [0.2, 0.25) is 0 Å². The molecule has 0 fully saturated rings. The number of nitro groups is 1. The maximum absolute atomic E-state index is 11.8. The van der Waals surface area contributed by atoms with Gasteiger partial charge in [0.25, 0.3) is 11.6 Å². The highest BCUT2D eigenvalue weighted by atomic mass is 16.6. The van der Waals surface area contributed by atoms with Crippen LogP contribution in [0, 0.1) is 28.4 Å². The van der Waals surface area contributed by atoms with Gasteiger partial charge in [-0.2, -0.15) is 5.26 Å². The van der Waals surface area contributed by atoms with E-state index in [0.717, 1.165) is 0 Å². The van der Waals surface area contributed by atoms with Gasteiger partial charge in [0.2, 0.25) is 0 Å². The van der Waals surface area contributed by atoms with E-state index in [9.17, 15) is 14.9 Å². The fourth-order valence-corrected chi connectivity index (χ4v) is 1.55. The second-order valence-corrected chi connectivity index (χ2v) is 3.75. The van der Waals surface area contributed by atoms with Crippen LogP contribution >= 0.6 is 0 Å². The van der Waals surface area contributed by atoms with Crippen molar-refractivity contribution in [3.63, 3.8) is 0 Å². The SMILES string of the molecule is Cc1cccc(C(=O)NCCCC#N)c1[N+](=O)[O-]. The number of aryl methyl sites for hydroxylation is 1. The van der Waals surface area contributed by atoms with E-state index in [1.807, 2.05) is 6.07 Å². The summed E-state index contributed by atoms with van der Waals surface area (Å²) in [5.74, 6) is -0.483. The molecule has 0 saturated heterocycles. The molecule has 0 atom stereocenters. The van der Waals surface area contributed by atoms with Gasteiger partial charge in [0.1, 0.15) is 5.56 Å². The lowest BCUT2D eigenvalue weighted by Crippen LogP contribution is -2.25. The van der Waals surface area contributed by atoms with Crippen molar-refractivity contribution in [2.24, 2.45) is 0 Å². The zero-order valence-corrected chi connectivity index (χ0v) is 9.97. The third-order valence-electron chi connectivity index (χ3n) is 2.42. The van der Waals surface area contributed by atoms with Crippen molar-refractivity contribution in [1.82, 2.24) is 5.32 Å². The van der Waals surface area contributed by atoms with Crippen molar-refractivity contribution in [2.75, 3.05) is 6.54 Å². The largest absolute Gasteiger partial charge is 0.352 e. The van der Waals surface area contributed by atoms with Gasteiger partial charge in [-0.25, -0.2) is 0 Å². The number of para-hydroxylation sites is 1. The van der Waals surface area contributed by atoms with E-state index in [-0.39, 0.29) is 11.3 Å². The topological polar surface area (TPSA) is 96.0 Å². The van der Waals surface area contributed by atoms with Gasteiger partial charge in [0.05, 0.1) is 11.0 Å². The Morgan fingerprint density at radius 2 is 2.28 bits per heavy atom. The fraction of sp³-hybridized carbons (Fsp3) is 0.333. The van der Waals surface area contributed by atoms with Crippen molar-refractivity contribution in [2.45, 2.75) is 19.8 Å². The van der Waals surface area contributed by atoms with E-state index >= 15 is 0 Å². The van der Waals surface area contributed by atoms with E-state index < -0.39 is 10.8 Å². The lowest BCUT2D eigenvalue weighted by molar-refractivity contribution is -0.385. The Labute approximate surface area is 104 Å². The van der Waals surface area contributed by atoms with Gasteiger partial charge in [-0.15, -0.1) is 0 Å². The molecule has 1 aromatic rings. The molecule has 1 amide bonds. The van der Waals surface area contributed by atoms with Crippen molar-refractivity contribution in [3.8, 4) is 6.07 Å². The first-order valence-electron chi connectivity index (χ1n) is 5.47. The lowest BCUT2D eigenvalue weighted by Gasteiger charge is -2.06. The van der Waals surface area contributed by atoms with Crippen LogP contribution in [0.15, 0.2) is 18.2 Å². The van der Waals surface area contributed by atoms with Crippen molar-refractivity contribution >= 4 is 11.6 Å². The van der Waals surface area contributed by atoms with Crippen LogP contribution in [0.5, 0.6) is 0 Å². The average Bonchev–Trinajstić information content (AvgIpc) is 2.33. The zero-order chi connectivity index (χ0) is 13.5. The summed E-state index contributed by atoms with van der Waals surface area (Å²) in [5.41, 5.74) is 0.330. The maximum atomic E-state index is 11.8. The summed E-state index contributed by atoms with van der Waals surface area (Å²) >= 11 is 0. The summed E-state index contributed by atoms with van der Waals surface area (Å²) in [5, 5.41) is 21.8. The minimum Gasteiger partial charge on any atom is -0.352 e. The number of hydrogen-bond donors (Lipinski definition) is 1. The van der Waals surface area contributed by atoms with Crippen LogP contribution in [0.1, 0.15) is 28.8 Å². The second kappa shape index (κ2) is 6.35. The zero-order valence-electron chi connectivity index (χ0n) is 9.97. The third kappa shape index (κ3) is 3.28. The Morgan fingerprint density at radius 1 is 1.56 bits per heavy atom. The molecule has 0 unspecified atom stereocenters. The summed E-state index contributed by atoms with van der Waals surface area (Å²) in [7, 11) is 0. The van der Waals surface area contributed by atoms with E-state index in [2.05, 4.69) is 5.32 Å². The molecule has 0 aliphatic heterocycles. The summed E-state index contributed by atoms with van der Waals surface area (Å²) in [6.07, 6.45) is 0.873. The van der Waals surface area contributed by atoms with Crippen LogP contribution < -0.4 is 5.32 Å². The van der Waals surface area contributed by atoms with E-state index in [0.29, 0.717) is 24.9 Å². The molecule has 0 spiro atoms. The second-order valence-electron chi connectivity index (χ2n) is 3.75.